The van der Waals surface area contributed by atoms with Gasteiger partial charge in [-0.25, -0.2) is 0 Å². The van der Waals surface area contributed by atoms with Crippen LogP contribution in [0.5, 0.6) is 0 Å². The zero-order valence-electron chi connectivity index (χ0n) is 10.3. The van der Waals surface area contributed by atoms with Crippen molar-refractivity contribution >= 4 is 5.91 Å². The maximum Gasteiger partial charge on any atom is 0.222 e. The highest BCUT2D eigenvalue weighted by Gasteiger charge is 2.28. The van der Waals surface area contributed by atoms with Crippen LogP contribution in [0.2, 0.25) is 0 Å². The topological polar surface area (TPSA) is 55.1 Å². The minimum atomic E-state index is -0.171. The van der Waals surface area contributed by atoms with Crippen LogP contribution in [0.15, 0.2) is 24.3 Å². The molecule has 0 saturated carbocycles. The molecule has 0 aromatic heterocycles. The average Bonchev–Trinajstić information content (AvgIpc) is 2.29. The third kappa shape index (κ3) is 3.07. The molecule has 3 N–H and O–H groups in total. The summed E-state index contributed by atoms with van der Waals surface area (Å²) in [5, 5.41) is 3.42. The van der Waals surface area contributed by atoms with Crippen LogP contribution in [0.25, 0.3) is 0 Å². The molecule has 1 saturated heterocycles. The number of rotatable bonds is 3. The number of amides is 1. The van der Waals surface area contributed by atoms with Crippen LogP contribution in [0.3, 0.4) is 0 Å². The van der Waals surface area contributed by atoms with Crippen molar-refractivity contribution < 1.29 is 4.79 Å². The van der Waals surface area contributed by atoms with Crippen molar-refractivity contribution in [2.45, 2.75) is 32.2 Å². The molecular formula is C14H20N2O. The number of nitrogens with two attached hydrogens (primary N) is 1. The molecule has 17 heavy (non-hydrogen) atoms. The van der Waals surface area contributed by atoms with Gasteiger partial charge in [-0.1, -0.05) is 29.8 Å². The van der Waals surface area contributed by atoms with Gasteiger partial charge in [0.25, 0.3) is 0 Å². The van der Waals surface area contributed by atoms with Crippen LogP contribution in [-0.2, 0) is 11.2 Å². The second kappa shape index (κ2) is 5.32. The highest BCUT2D eigenvalue weighted by atomic mass is 16.1. The number of piperidine rings is 1. The summed E-state index contributed by atoms with van der Waals surface area (Å²) in [4.78, 5) is 11.4. The number of hydrogen-bond acceptors (Lipinski definition) is 2. The van der Waals surface area contributed by atoms with E-state index < -0.39 is 0 Å². The number of carbonyl (C=O) groups excluding carboxylic acids is 1. The second-order valence-corrected chi connectivity index (χ2v) is 4.90. The van der Waals surface area contributed by atoms with Gasteiger partial charge in [0, 0.05) is 6.04 Å². The first kappa shape index (κ1) is 12.1. The molecule has 1 amide bonds. The Morgan fingerprint density at radius 1 is 1.53 bits per heavy atom. The van der Waals surface area contributed by atoms with Crippen molar-refractivity contribution in [1.82, 2.24) is 5.32 Å². The summed E-state index contributed by atoms with van der Waals surface area (Å²) in [7, 11) is 0. The van der Waals surface area contributed by atoms with E-state index in [-0.39, 0.29) is 17.9 Å². The predicted molar refractivity (Wildman–Crippen MR) is 68.6 cm³/mol. The number of carbonyl (C=O) groups is 1. The SMILES string of the molecule is Cc1cccc(CC2NCCCC2C(N)=O)c1. The van der Waals surface area contributed by atoms with Crippen molar-refractivity contribution in [3.8, 4) is 0 Å². The Hall–Kier alpha value is -1.35. The molecule has 3 heteroatoms. The maximum atomic E-state index is 11.4. The fraction of sp³-hybridized carbons (Fsp3) is 0.500. The van der Waals surface area contributed by atoms with Gasteiger partial charge >= 0.3 is 0 Å². The van der Waals surface area contributed by atoms with Crippen molar-refractivity contribution in [3.05, 3.63) is 35.4 Å². The summed E-state index contributed by atoms with van der Waals surface area (Å²) < 4.78 is 0. The zero-order valence-corrected chi connectivity index (χ0v) is 10.3. The molecular weight excluding hydrogens is 212 g/mol. The maximum absolute atomic E-state index is 11.4. The predicted octanol–water partition coefficient (Wildman–Crippen LogP) is 1.39. The molecule has 1 heterocycles. The van der Waals surface area contributed by atoms with E-state index in [4.69, 9.17) is 5.73 Å². The van der Waals surface area contributed by atoms with Crippen molar-refractivity contribution in [2.24, 2.45) is 11.7 Å². The second-order valence-electron chi connectivity index (χ2n) is 4.90. The van der Waals surface area contributed by atoms with Crippen LogP contribution in [0, 0.1) is 12.8 Å². The van der Waals surface area contributed by atoms with E-state index in [1.54, 1.807) is 0 Å². The Morgan fingerprint density at radius 2 is 2.35 bits per heavy atom. The Morgan fingerprint density at radius 3 is 3.06 bits per heavy atom. The first-order chi connectivity index (χ1) is 8.16. The van der Waals surface area contributed by atoms with Crippen LogP contribution in [0.4, 0.5) is 0 Å². The van der Waals surface area contributed by atoms with Gasteiger partial charge in [-0.05, 0) is 38.3 Å². The van der Waals surface area contributed by atoms with Crippen LogP contribution in [-0.4, -0.2) is 18.5 Å². The summed E-state index contributed by atoms with van der Waals surface area (Å²) in [6.45, 7) is 3.07. The van der Waals surface area contributed by atoms with E-state index in [2.05, 4.69) is 36.5 Å². The Balaban J connectivity index is 2.08. The fourth-order valence-corrected chi connectivity index (χ4v) is 2.60. The Bertz CT molecular complexity index is 403. The van der Waals surface area contributed by atoms with Gasteiger partial charge in [0.05, 0.1) is 5.92 Å². The van der Waals surface area contributed by atoms with E-state index in [1.165, 1.54) is 11.1 Å². The van der Waals surface area contributed by atoms with Crippen LogP contribution in [0.1, 0.15) is 24.0 Å². The summed E-state index contributed by atoms with van der Waals surface area (Å²) in [6.07, 6.45) is 2.84. The summed E-state index contributed by atoms with van der Waals surface area (Å²) in [5.74, 6) is -0.195. The van der Waals surface area contributed by atoms with E-state index in [0.29, 0.717) is 0 Å². The standard InChI is InChI=1S/C14H20N2O/c1-10-4-2-5-11(8-10)9-13-12(14(15)17)6-3-7-16-13/h2,4-5,8,12-13,16H,3,6-7,9H2,1H3,(H2,15,17). The minimum Gasteiger partial charge on any atom is -0.369 e. The molecule has 0 radical (unpaired) electrons. The summed E-state index contributed by atoms with van der Waals surface area (Å²) >= 11 is 0. The molecule has 1 aliphatic heterocycles. The highest BCUT2D eigenvalue weighted by molar-refractivity contribution is 5.77. The lowest BCUT2D eigenvalue weighted by molar-refractivity contribution is -0.123. The van der Waals surface area contributed by atoms with Gasteiger partial charge < -0.3 is 11.1 Å². The van der Waals surface area contributed by atoms with Crippen LogP contribution < -0.4 is 11.1 Å². The largest absolute Gasteiger partial charge is 0.369 e. The van der Waals surface area contributed by atoms with Gasteiger partial charge in [-0.2, -0.15) is 0 Å². The quantitative estimate of drug-likeness (QED) is 0.827. The van der Waals surface area contributed by atoms with E-state index in [1.807, 2.05) is 0 Å². The molecule has 0 aliphatic carbocycles. The molecule has 1 aliphatic rings. The molecule has 0 spiro atoms. The smallest absolute Gasteiger partial charge is 0.222 e. The lowest BCUT2D eigenvalue weighted by Crippen LogP contribution is -2.48. The lowest BCUT2D eigenvalue weighted by atomic mass is 9.86. The summed E-state index contributed by atoms with van der Waals surface area (Å²) in [6, 6.07) is 8.63. The lowest BCUT2D eigenvalue weighted by Gasteiger charge is -2.30. The van der Waals surface area contributed by atoms with Gasteiger partial charge in [-0.3, -0.25) is 4.79 Å². The number of primary amides is 1. The van der Waals surface area contributed by atoms with Gasteiger partial charge in [0.15, 0.2) is 0 Å². The van der Waals surface area contributed by atoms with Crippen LogP contribution >= 0.6 is 0 Å². The third-order valence-electron chi connectivity index (χ3n) is 3.49. The van der Waals surface area contributed by atoms with Gasteiger partial charge in [0.2, 0.25) is 5.91 Å². The van der Waals surface area contributed by atoms with Crippen molar-refractivity contribution in [3.63, 3.8) is 0 Å². The number of nitrogens with one attached hydrogen (secondary N) is 1. The molecule has 0 bridgehead atoms. The Kier molecular flexibility index (Phi) is 3.79. The number of benzene rings is 1. The number of hydrogen-bond donors (Lipinski definition) is 2. The third-order valence-corrected chi connectivity index (χ3v) is 3.49. The molecule has 2 rings (SSSR count). The van der Waals surface area contributed by atoms with Crippen molar-refractivity contribution in [1.29, 1.82) is 0 Å². The first-order valence-electron chi connectivity index (χ1n) is 6.25. The highest BCUT2D eigenvalue weighted by Crippen LogP contribution is 2.20. The molecule has 1 aromatic carbocycles. The average molecular weight is 232 g/mol. The monoisotopic (exact) mass is 232 g/mol. The fourth-order valence-electron chi connectivity index (χ4n) is 2.60. The normalized spacial score (nSPS) is 24.5. The molecule has 2 unspecified atom stereocenters. The van der Waals surface area contributed by atoms with E-state index in [9.17, 15) is 4.79 Å². The molecule has 1 fully saturated rings. The molecule has 2 atom stereocenters. The molecule has 92 valence electrons. The zero-order chi connectivity index (χ0) is 12.3. The Labute approximate surface area is 102 Å². The first-order valence-corrected chi connectivity index (χ1v) is 6.25. The van der Waals surface area contributed by atoms with E-state index in [0.717, 1.165) is 25.8 Å². The number of aryl methyl sites for hydroxylation is 1. The molecule has 3 nitrogen and oxygen atoms in total. The summed E-state index contributed by atoms with van der Waals surface area (Å²) in [5.41, 5.74) is 7.99. The van der Waals surface area contributed by atoms with Gasteiger partial charge in [0.1, 0.15) is 0 Å². The van der Waals surface area contributed by atoms with Gasteiger partial charge in [-0.15, -0.1) is 0 Å². The van der Waals surface area contributed by atoms with Crippen molar-refractivity contribution in [2.75, 3.05) is 6.54 Å². The molecule has 1 aromatic rings. The minimum absolute atomic E-state index is 0.0238. The van der Waals surface area contributed by atoms with E-state index >= 15 is 0 Å².